The molecule has 0 spiro atoms. The minimum Gasteiger partial charge on any atom is -0.192 e. The molecule has 74 valence electrons. The average Bonchev–Trinajstić information content (AvgIpc) is 2.26. The van der Waals surface area contributed by atoms with E-state index in [1.165, 1.54) is 11.3 Å². The summed E-state index contributed by atoms with van der Waals surface area (Å²) in [5.41, 5.74) is 0.749. The van der Waals surface area contributed by atoms with Gasteiger partial charge in [0.2, 0.25) is 0 Å². The Morgan fingerprint density at radius 3 is 2.93 bits per heavy atom. The van der Waals surface area contributed by atoms with Gasteiger partial charge in [-0.15, -0.1) is 11.8 Å². The summed E-state index contributed by atoms with van der Waals surface area (Å²) in [6.45, 7) is 4.46. The smallest absolute Gasteiger partial charge is 0.0992 e. The third kappa shape index (κ3) is 3.43. The zero-order valence-corrected chi connectivity index (χ0v) is 9.47. The Morgan fingerprint density at radius 1 is 1.50 bits per heavy atom. The summed E-state index contributed by atoms with van der Waals surface area (Å²) in [5.74, 6) is 1.87. The number of nitrogens with zero attached hydrogens (tertiary/aromatic N) is 1. The standard InChI is InChI=1S/C12H15NS/c1-3-10(2)9-14-12-6-4-5-11(7-12)8-13/h4-7,10H,3,9H2,1-2H3. The SMILES string of the molecule is CCC(C)CSc1cccc(C#N)c1. The summed E-state index contributed by atoms with van der Waals surface area (Å²) in [6.07, 6.45) is 1.21. The van der Waals surface area contributed by atoms with Crippen LogP contribution in [0.2, 0.25) is 0 Å². The molecule has 0 aromatic heterocycles. The molecule has 0 aliphatic rings. The zero-order chi connectivity index (χ0) is 10.4. The third-order valence-corrected chi connectivity index (χ3v) is 3.52. The predicted octanol–water partition coefficient (Wildman–Crippen LogP) is 3.70. The van der Waals surface area contributed by atoms with Crippen molar-refractivity contribution >= 4 is 11.8 Å². The molecule has 0 bridgehead atoms. The molecular weight excluding hydrogens is 190 g/mol. The monoisotopic (exact) mass is 205 g/mol. The molecule has 0 fully saturated rings. The van der Waals surface area contributed by atoms with Gasteiger partial charge in [0, 0.05) is 10.6 Å². The van der Waals surface area contributed by atoms with Crippen LogP contribution in [0.1, 0.15) is 25.8 Å². The molecular formula is C12H15NS. The summed E-state index contributed by atoms with van der Waals surface area (Å²) in [5, 5.41) is 8.73. The lowest BCUT2D eigenvalue weighted by Crippen LogP contribution is -1.94. The van der Waals surface area contributed by atoms with Crippen molar-refractivity contribution in [2.75, 3.05) is 5.75 Å². The Morgan fingerprint density at radius 2 is 2.29 bits per heavy atom. The maximum Gasteiger partial charge on any atom is 0.0992 e. The first-order valence-corrected chi connectivity index (χ1v) is 5.87. The van der Waals surface area contributed by atoms with Crippen molar-refractivity contribution in [1.29, 1.82) is 5.26 Å². The molecule has 1 aromatic rings. The van der Waals surface area contributed by atoms with Crippen molar-refractivity contribution in [3.8, 4) is 6.07 Å². The molecule has 0 N–H and O–H groups in total. The number of hydrogen-bond acceptors (Lipinski definition) is 2. The second-order valence-corrected chi connectivity index (χ2v) is 4.56. The van der Waals surface area contributed by atoms with Crippen LogP contribution < -0.4 is 0 Å². The minimum atomic E-state index is 0.741. The van der Waals surface area contributed by atoms with Crippen LogP contribution in [0.25, 0.3) is 0 Å². The Labute approximate surface area is 90.1 Å². The van der Waals surface area contributed by atoms with Gasteiger partial charge in [-0.05, 0) is 24.1 Å². The molecule has 14 heavy (non-hydrogen) atoms. The number of nitriles is 1. The van der Waals surface area contributed by atoms with E-state index >= 15 is 0 Å². The molecule has 0 aliphatic heterocycles. The molecule has 2 heteroatoms. The minimum absolute atomic E-state index is 0.741. The van der Waals surface area contributed by atoms with Crippen LogP contribution in [0.15, 0.2) is 29.2 Å². The van der Waals surface area contributed by atoms with Crippen molar-refractivity contribution in [3.05, 3.63) is 29.8 Å². The zero-order valence-electron chi connectivity index (χ0n) is 8.66. The molecule has 0 amide bonds. The fourth-order valence-corrected chi connectivity index (χ4v) is 2.11. The van der Waals surface area contributed by atoms with Crippen LogP contribution >= 0.6 is 11.8 Å². The van der Waals surface area contributed by atoms with Crippen LogP contribution in [-0.4, -0.2) is 5.75 Å². The van der Waals surface area contributed by atoms with Gasteiger partial charge in [-0.2, -0.15) is 5.26 Å². The highest BCUT2D eigenvalue weighted by Gasteiger charge is 2.00. The number of thioether (sulfide) groups is 1. The van der Waals surface area contributed by atoms with Crippen molar-refractivity contribution in [2.24, 2.45) is 5.92 Å². The predicted molar refractivity (Wildman–Crippen MR) is 61.3 cm³/mol. The average molecular weight is 205 g/mol. The van der Waals surface area contributed by atoms with Gasteiger partial charge in [-0.3, -0.25) is 0 Å². The topological polar surface area (TPSA) is 23.8 Å². The van der Waals surface area contributed by atoms with Gasteiger partial charge in [-0.1, -0.05) is 26.3 Å². The maximum atomic E-state index is 8.73. The highest BCUT2D eigenvalue weighted by Crippen LogP contribution is 2.22. The van der Waals surface area contributed by atoms with E-state index < -0.39 is 0 Å². The Bertz CT molecular complexity index is 327. The van der Waals surface area contributed by atoms with Crippen molar-refractivity contribution in [2.45, 2.75) is 25.2 Å². The van der Waals surface area contributed by atoms with E-state index in [4.69, 9.17) is 5.26 Å². The second kappa shape index (κ2) is 5.72. The normalized spacial score (nSPS) is 12.1. The molecule has 0 radical (unpaired) electrons. The van der Waals surface area contributed by atoms with E-state index in [0.29, 0.717) is 0 Å². The first-order valence-electron chi connectivity index (χ1n) is 4.89. The van der Waals surface area contributed by atoms with Crippen molar-refractivity contribution < 1.29 is 0 Å². The first-order chi connectivity index (χ1) is 6.76. The second-order valence-electron chi connectivity index (χ2n) is 3.46. The van der Waals surface area contributed by atoms with Crippen LogP contribution in [0.3, 0.4) is 0 Å². The lowest BCUT2D eigenvalue weighted by Gasteiger charge is -2.07. The largest absolute Gasteiger partial charge is 0.192 e. The van der Waals surface area contributed by atoms with Crippen molar-refractivity contribution in [3.63, 3.8) is 0 Å². The molecule has 1 nitrogen and oxygen atoms in total. The summed E-state index contributed by atoms with van der Waals surface area (Å²) in [4.78, 5) is 1.20. The fourth-order valence-electron chi connectivity index (χ4n) is 1.01. The van der Waals surface area contributed by atoms with E-state index in [1.807, 2.05) is 30.0 Å². The maximum absolute atomic E-state index is 8.73. The number of rotatable bonds is 4. The summed E-state index contributed by atoms with van der Waals surface area (Å²) < 4.78 is 0. The fraction of sp³-hybridized carbons (Fsp3) is 0.417. The third-order valence-electron chi connectivity index (χ3n) is 2.19. The van der Waals surface area contributed by atoms with Crippen LogP contribution in [0, 0.1) is 17.2 Å². The first kappa shape index (κ1) is 11.1. The van der Waals surface area contributed by atoms with Crippen molar-refractivity contribution in [1.82, 2.24) is 0 Å². The Balaban J connectivity index is 2.55. The molecule has 0 saturated carbocycles. The summed E-state index contributed by atoms with van der Waals surface area (Å²) >= 11 is 1.83. The summed E-state index contributed by atoms with van der Waals surface area (Å²) in [7, 11) is 0. The van der Waals surface area contributed by atoms with E-state index in [1.54, 1.807) is 0 Å². The lowest BCUT2D eigenvalue weighted by atomic mass is 10.2. The van der Waals surface area contributed by atoms with Gasteiger partial charge in [0.25, 0.3) is 0 Å². The van der Waals surface area contributed by atoms with Gasteiger partial charge in [0.15, 0.2) is 0 Å². The number of hydrogen-bond donors (Lipinski definition) is 0. The molecule has 1 atom stereocenters. The Hall–Kier alpha value is -0.940. The molecule has 1 unspecified atom stereocenters. The highest BCUT2D eigenvalue weighted by molar-refractivity contribution is 7.99. The molecule has 0 saturated heterocycles. The van der Waals surface area contributed by atoms with E-state index in [9.17, 15) is 0 Å². The van der Waals surface area contributed by atoms with Gasteiger partial charge >= 0.3 is 0 Å². The van der Waals surface area contributed by atoms with E-state index in [0.717, 1.165) is 17.2 Å². The quantitative estimate of drug-likeness (QED) is 0.700. The Kier molecular flexibility index (Phi) is 4.55. The van der Waals surface area contributed by atoms with Crippen LogP contribution in [-0.2, 0) is 0 Å². The molecule has 0 heterocycles. The number of benzene rings is 1. The van der Waals surface area contributed by atoms with Gasteiger partial charge < -0.3 is 0 Å². The van der Waals surface area contributed by atoms with E-state index in [2.05, 4.69) is 26.0 Å². The lowest BCUT2D eigenvalue weighted by molar-refractivity contribution is 0.637. The summed E-state index contributed by atoms with van der Waals surface area (Å²) in [6, 6.07) is 9.95. The highest BCUT2D eigenvalue weighted by atomic mass is 32.2. The van der Waals surface area contributed by atoms with E-state index in [-0.39, 0.29) is 0 Å². The molecule has 0 aliphatic carbocycles. The van der Waals surface area contributed by atoms with Crippen LogP contribution in [0.4, 0.5) is 0 Å². The molecule has 1 aromatic carbocycles. The van der Waals surface area contributed by atoms with Gasteiger partial charge in [0.05, 0.1) is 11.6 Å². The van der Waals surface area contributed by atoms with Gasteiger partial charge in [0.1, 0.15) is 0 Å². The van der Waals surface area contributed by atoms with Gasteiger partial charge in [-0.25, -0.2) is 0 Å². The van der Waals surface area contributed by atoms with Crippen LogP contribution in [0.5, 0.6) is 0 Å². The molecule has 1 rings (SSSR count).